The summed E-state index contributed by atoms with van der Waals surface area (Å²) in [6.07, 6.45) is -0.0753. The smallest absolute Gasteiger partial charge is 0.368 e. The SMILES string of the molecule is CO[C@H](C)Cn1nnn(-c2ccccc2)c1=O. The molecule has 0 aliphatic carbocycles. The summed E-state index contributed by atoms with van der Waals surface area (Å²) in [5, 5.41) is 7.65. The van der Waals surface area contributed by atoms with Crippen molar-refractivity contribution in [2.75, 3.05) is 7.11 Å². The van der Waals surface area contributed by atoms with Crippen molar-refractivity contribution in [3.05, 3.63) is 40.8 Å². The summed E-state index contributed by atoms with van der Waals surface area (Å²) >= 11 is 0. The molecule has 2 rings (SSSR count). The van der Waals surface area contributed by atoms with E-state index in [1.807, 2.05) is 25.1 Å². The van der Waals surface area contributed by atoms with E-state index in [0.717, 1.165) is 0 Å². The third kappa shape index (κ3) is 2.42. The molecule has 0 unspecified atom stereocenters. The molecule has 90 valence electrons. The van der Waals surface area contributed by atoms with Crippen LogP contribution in [0.3, 0.4) is 0 Å². The van der Waals surface area contributed by atoms with Crippen molar-refractivity contribution in [2.45, 2.75) is 19.6 Å². The Hall–Kier alpha value is -1.95. The lowest BCUT2D eigenvalue weighted by atomic mass is 10.3. The summed E-state index contributed by atoms with van der Waals surface area (Å²) in [4.78, 5) is 12.0. The molecule has 0 saturated heterocycles. The number of aromatic nitrogens is 4. The summed E-state index contributed by atoms with van der Waals surface area (Å²) in [6, 6.07) is 9.18. The standard InChI is InChI=1S/C11H14N4O2/c1-9(17-2)8-14-11(16)15(13-12-14)10-6-4-3-5-7-10/h3-7,9H,8H2,1-2H3/t9-/m1/s1. The van der Waals surface area contributed by atoms with Crippen LogP contribution in [0, 0.1) is 0 Å². The number of rotatable bonds is 4. The molecule has 0 N–H and O–H groups in total. The number of ether oxygens (including phenoxy) is 1. The Kier molecular flexibility index (Phi) is 3.34. The van der Waals surface area contributed by atoms with Crippen LogP contribution in [0.5, 0.6) is 0 Å². The van der Waals surface area contributed by atoms with Crippen LogP contribution in [0.15, 0.2) is 35.1 Å². The maximum Gasteiger partial charge on any atom is 0.368 e. The van der Waals surface area contributed by atoms with Crippen LogP contribution >= 0.6 is 0 Å². The predicted octanol–water partition coefficient (Wildman–Crippen LogP) is 0.464. The zero-order chi connectivity index (χ0) is 12.3. The molecule has 17 heavy (non-hydrogen) atoms. The molecule has 0 aliphatic heterocycles. The quantitative estimate of drug-likeness (QED) is 0.771. The van der Waals surface area contributed by atoms with E-state index in [4.69, 9.17) is 4.74 Å². The van der Waals surface area contributed by atoms with E-state index in [-0.39, 0.29) is 11.8 Å². The Morgan fingerprint density at radius 1 is 1.29 bits per heavy atom. The topological polar surface area (TPSA) is 61.9 Å². The lowest BCUT2D eigenvalue weighted by molar-refractivity contribution is 0.0983. The Morgan fingerprint density at radius 2 is 2.00 bits per heavy atom. The highest BCUT2D eigenvalue weighted by Gasteiger charge is 2.10. The molecule has 6 heteroatoms. The van der Waals surface area contributed by atoms with E-state index < -0.39 is 0 Å². The molecule has 0 bridgehead atoms. The number of hydrogen-bond acceptors (Lipinski definition) is 4. The molecule has 0 aliphatic rings. The fraction of sp³-hybridized carbons (Fsp3) is 0.364. The van der Waals surface area contributed by atoms with Gasteiger partial charge in [-0.3, -0.25) is 0 Å². The fourth-order valence-corrected chi connectivity index (χ4v) is 1.44. The number of tetrazole rings is 1. The largest absolute Gasteiger partial charge is 0.380 e. The number of nitrogens with zero attached hydrogens (tertiary/aromatic N) is 4. The second-order valence-electron chi connectivity index (χ2n) is 3.74. The van der Waals surface area contributed by atoms with Gasteiger partial charge < -0.3 is 4.74 Å². The number of methoxy groups -OCH3 is 1. The van der Waals surface area contributed by atoms with Gasteiger partial charge in [-0.15, -0.1) is 0 Å². The maximum absolute atomic E-state index is 12.0. The van der Waals surface area contributed by atoms with E-state index in [2.05, 4.69) is 10.4 Å². The Morgan fingerprint density at radius 3 is 2.65 bits per heavy atom. The van der Waals surface area contributed by atoms with Gasteiger partial charge in [0.25, 0.3) is 0 Å². The van der Waals surface area contributed by atoms with Crippen molar-refractivity contribution in [3.8, 4) is 5.69 Å². The molecule has 1 aromatic carbocycles. The first kappa shape index (κ1) is 11.5. The highest BCUT2D eigenvalue weighted by molar-refractivity contribution is 5.28. The van der Waals surface area contributed by atoms with Gasteiger partial charge >= 0.3 is 5.69 Å². The summed E-state index contributed by atoms with van der Waals surface area (Å²) in [7, 11) is 1.59. The monoisotopic (exact) mass is 234 g/mol. The van der Waals surface area contributed by atoms with Gasteiger partial charge in [-0.2, -0.15) is 9.36 Å². The summed E-state index contributed by atoms with van der Waals surface area (Å²) < 4.78 is 7.65. The van der Waals surface area contributed by atoms with Gasteiger partial charge in [0.2, 0.25) is 0 Å². The first-order valence-electron chi connectivity index (χ1n) is 5.33. The Balaban J connectivity index is 2.31. The second-order valence-corrected chi connectivity index (χ2v) is 3.74. The maximum atomic E-state index is 12.0. The average molecular weight is 234 g/mol. The van der Waals surface area contributed by atoms with Gasteiger partial charge in [-0.1, -0.05) is 18.2 Å². The van der Waals surface area contributed by atoms with Crippen molar-refractivity contribution in [1.29, 1.82) is 0 Å². The summed E-state index contributed by atoms with van der Waals surface area (Å²) in [6.45, 7) is 2.26. The lowest BCUT2D eigenvalue weighted by Gasteiger charge is -2.06. The van der Waals surface area contributed by atoms with Crippen molar-refractivity contribution in [1.82, 2.24) is 19.8 Å². The molecule has 0 spiro atoms. The van der Waals surface area contributed by atoms with Gasteiger partial charge in [0.05, 0.1) is 18.3 Å². The van der Waals surface area contributed by atoms with Crippen LogP contribution in [0.1, 0.15) is 6.92 Å². The van der Waals surface area contributed by atoms with Crippen LogP contribution < -0.4 is 5.69 Å². The van der Waals surface area contributed by atoms with Gasteiger partial charge in [0.15, 0.2) is 0 Å². The zero-order valence-electron chi connectivity index (χ0n) is 9.78. The van der Waals surface area contributed by atoms with Gasteiger partial charge in [-0.25, -0.2) is 4.79 Å². The Labute approximate surface area is 98.4 Å². The van der Waals surface area contributed by atoms with Crippen molar-refractivity contribution in [2.24, 2.45) is 0 Å². The van der Waals surface area contributed by atoms with E-state index >= 15 is 0 Å². The molecule has 1 heterocycles. The first-order valence-corrected chi connectivity index (χ1v) is 5.33. The second kappa shape index (κ2) is 4.92. The van der Waals surface area contributed by atoms with Crippen LogP contribution in [-0.4, -0.2) is 33.0 Å². The summed E-state index contributed by atoms with van der Waals surface area (Å²) in [5.41, 5.74) is 0.439. The molecule has 2 aromatic rings. The molecule has 0 fully saturated rings. The lowest BCUT2D eigenvalue weighted by Crippen LogP contribution is -2.28. The van der Waals surface area contributed by atoms with E-state index in [1.165, 1.54) is 9.36 Å². The number of hydrogen-bond donors (Lipinski definition) is 0. The minimum absolute atomic E-state index is 0.0753. The first-order chi connectivity index (χ1) is 8.22. The van der Waals surface area contributed by atoms with Crippen LogP contribution in [-0.2, 0) is 11.3 Å². The zero-order valence-corrected chi connectivity index (χ0v) is 9.78. The predicted molar refractivity (Wildman–Crippen MR) is 62.1 cm³/mol. The normalized spacial score (nSPS) is 12.6. The van der Waals surface area contributed by atoms with Crippen molar-refractivity contribution < 1.29 is 4.74 Å². The minimum atomic E-state index is -0.264. The molecular weight excluding hydrogens is 220 g/mol. The van der Waals surface area contributed by atoms with Crippen molar-refractivity contribution >= 4 is 0 Å². The molecule has 0 saturated carbocycles. The van der Waals surface area contributed by atoms with E-state index in [0.29, 0.717) is 12.2 Å². The molecule has 0 radical (unpaired) electrons. The molecule has 1 atom stereocenters. The number of para-hydroxylation sites is 1. The van der Waals surface area contributed by atoms with Crippen LogP contribution in [0.4, 0.5) is 0 Å². The fourth-order valence-electron chi connectivity index (χ4n) is 1.44. The van der Waals surface area contributed by atoms with E-state index in [9.17, 15) is 4.79 Å². The Bertz CT molecular complexity index is 532. The van der Waals surface area contributed by atoms with Gasteiger partial charge in [-0.05, 0) is 29.5 Å². The molecular formula is C11H14N4O2. The third-order valence-electron chi connectivity index (χ3n) is 2.47. The molecule has 1 aromatic heterocycles. The molecule has 6 nitrogen and oxygen atoms in total. The third-order valence-corrected chi connectivity index (χ3v) is 2.47. The highest BCUT2D eigenvalue weighted by Crippen LogP contribution is 2.00. The van der Waals surface area contributed by atoms with Crippen molar-refractivity contribution in [3.63, 3.8) is 0 Å². The van der Waals surface area contributed by atoms with Crippen LogP contribution in [0.25, 0.3) is 5.69 Å². The number of benzene rings is 1. The minimum Gasteiger partial charge on any atom is -0.380 e. The van der Waals surface area contributed by atoms with E-state index in [1.54, 1.807) is 19.2 Å². The molecule has 0 amide bonds. The van der Waals surface area contributed by atoms with Gasteiger partial charge in [0, 0.05) is 7.11 Å². The van der Waals surface area contributed by atoms with Gasteiger partial charge in [0.1, 0.15) is 0 Å². The summed E-state index contributed by atoms with van der Waals surface area (Å²) in [5.74, 6) is 0. The average Bonchev–Trinajstić information content (AvgIpc) is 2.72. The van der Waals surface area contributed by atoms with Crippen LogP contribution in [0.2, 0.25) is 0 Å². The highest BCUT2D eigenvalue weighted by atomic mass is 16.5.